The molecule has 0 aliphatic carbocycles. The average Bonchev–Trinajstić information content (AvgIpc) is 2.45. The molecule has 1 aliphatic heterocycles. The van der Waals surface area contributed by atoms with Crippen LogP contribution >= 0.6 is 0 Å². The number of rotatable bonds is 5. The number of halogens is 1. The van der Waals surface area contributed by atoms with E-state index < -0.39 is 12.8 Å². The van der Waals surface area contributed by atoms with Crippen LogP contribution in [0.25, 0.3) is 0 Å². The smallest absolute Gasteiger partial charge is 0.245 e. The van der Waals surface area contributed by atoms with Crippen LogP contribution < -0.4 is 0 Å². The van der Waals surface area contributed by atoms with Crippen molar-refractivity contribution < 1.29 is 19.1 Å². The molecular weight excluding hydrogens is 251 g/mol. The van der Waals surface area contributed by atoms with E-state index >= 15 is 0 Å². The molecule has 108 valence electrons. The summed E-state index contributed by atoms with van der Waals surface area (Å²) in [5.74, 6) is -0.379. The minimum absolute atomic E-state index is 0.00113. The van der Waals surface area contributed by atoms with Crippen LogP contribution in [0.5, 0.6) is 0 Å². The molecule has 0 aromatic heterocycles. The number of hydrogen-bond donors (Lipinski definition) is 1. The van der Waals surface area contributed by atoms with Gasteiger partial charge < -0.3 is 14.9 Å². The number of likely N-dealkylation sites (N-methyl/N-ethyl adjacent to an activating group) is 1. The second-order valence-electron chi connectivity index (χ2n) is 4.83. The van der Waals surface area contributed by atoms with Gasteiger partial charge in [-0.25, -0.2) is 4.39 Å². The van der Waals surface area contributed by atoms with E-state index in [-0.39, 0.29) is 24.3 Å². The third kappa shape index (κ3) is 4.31. The summed E-state index contributed by atoms with van der Waals surface area (Å²) in [5.41, 5.74) is 0. The Bertz CT molecular complexity index is 341. The Morgan fingerprint density at radius 3 is 2.58 bits per heavy atom. The lowest BCUT2D eigenvalue weighted by molar-refractivity contribution is -0.139. The molecule has 1 saturated heterocycles. The largest absolute Gasteiger partial charge is 0.389 e. The molecule has 0 bridgehead atoms. The first-order valence-electron chi connectivity index (χ1n) is 6.40. The highest BCUT2D eigenvalue weighted by Gasteiger charge is 2.28. The van der Waals surface area contributed by atoms with Crippen molar-refractivity contribution in [3.05, 3.63) is 12.7 Å². The molecule has 1 unspecified atom stereocenters. The molecule has 2 amide bonds. The molecule has 1 heterocycles. The summed E-state index contributed by atoms with van der Waals surface area (Å²) in [5, 5.41) is 9.19. The molecule has 1 rings (SSSR count). The summed E-state index contributed by atoms with van der Waals surface area (Å²) in [6, 6.07) is 0. The number of carbonyl (C=O) groups is 2. The highest BCUT2D eigenvalue weighted by atomic mass is 19.1. The number of amides is 2. The van der Waals surface area contributed by atoms with E-state index in [0.717, 1.165) is 0 Å². The highest BCUT2D eigenvalue weighted by Crippen LogP contribution is 2.19. The van der Waals surface area contributed by atoms with Crippen molar-refractivity contribution >= 4 is 11.8 Å². The van der Waals surface area contributed by atoms with Gasteiger partial charge in [0.1, 0.15) is 6.67 Å². The van der Waals surface area contributed by atoms with Crippen molar-refractivity contribution in [1.29, 1.82) is 0 Å². The van der Waals surface area contributed by atoms with Crippen LogP contribution in [0.15, 0.2) is 12.7 Å². The predicted molar refractivity (Wildman–Crippen MR) is 69.1 cm³/mol. The fourth-order valence-corrected chi connectivity index (χ4v) is 2.24. The maximum Gasteiger partial charge on any atom is 0.245 e. The number of carbonyl (C=O) groups excluding carboxylic acids is 2. The molecule has 5 nitrogen and oxygen atoms in total. The SMILES string of the molecule is C=CC(=O)N1CCC(C(=O)N(C)CC(O)CF)CC1. The maximum absolute atomic E-state index is 12.2. The van der Waals surface area contributed by atoms with Crippen molar-refractivity contribution in [3.63, 3.8) is 0 Å². The van der Waals surface area contributed by atoms with Crippen molar-refractivity contribution in [2.75, 3.05) is 33.4 Å². The lowest BCUT2D eigenvalue weighted by Crippen LogP contribution is -2.44. The number of likely N-dealkylation sites (tertiary alicyclic amines) is 1. The van der Waals surface area contributed by atoms with Gasteiger partial charge in [-0.05, 0) is 18.9 Å². The van der Waals surface area contributed by atoms with Gasteiger partial charge in [0.15, 0.2) is 0 Å². The number of piperidine rings is 1. The molecular formula is C13H21FN2O3. The quantitative estimate of drug-likeness (QED) is 0.727. The Kier molecular flexibility index (Phi) is 5.95. The van der Waals surface area contributed by atoms with Gasteiger partial charge >= 0.3 is 0 Å². The highest BCUT2D eigenvalue weighted by molar-refractivity contribution is 5.87. The first-order valence-corrected chi connectivity index (χ1v) is 6.40. The van der Waals surface area contributed by atoms with E-state index in [2.05, 4.69) is 6.58 Å². The molecule has 1 fully saturated rings. The molecule has 1 aliphatic rings. The van der Waals surface area contributed by atoms with E-state index in [1.807, 2.05) is 0 Å². The third-order valence-corrected chi connectivity index (χ3v) is 3.37. The zero-order valence-electron chi connectivity index (χ0n) is 11.2. The van der Waals surface area contributed by atoms with Crippen LogP contribution in [0.4, 0.5) is 4.39 Å². The summed E-state index contributed by atoms with van der Waals surface area (Å²) in [6.07, 6.45) is 1.32. The number of alkyl halides is 1. The van der Waals surface area contributed by atoms with E-state index in [1.165, 1.54) is 11.0 Å². The number of aliphatic hydroxyl groups is 1. The van der Waals surface area contributed by atoms with Crippen molar-refractivity contribution in [3.8, 4) is 0 Å². The summed E-state index contributed by atoms with van der Waals surface area (Å²) >= 11 is 0. The van der Waals surface area contributed by atoms with E-state index in [1.54, 1.807) is 11.9 Å². The van der Waals surface area contributed by atoms with Crippen LogP contribution in [0, 0.1) is 5.92 Å². The summed E-state index contributed by atoms with van der Waals surface area (Å²) in [7, 11) is 1.56. The van der Waals surface area contributed by atoms with Gasteiger partial charge in [0.2, 0.25) is 11.8 Å². The van der Waals surface area contributed by atoms with Gasteiger partial charge in [-0.2, -0.15) is 0 Å². The van der Waals surface area contributed by atoms with Gasteiger partial charge in [0.05, 0.1) is 6.10 Å². The van der Waals surface area contributed by atoms with E-state index in [9.17, 15) is 19.1 Å². The minimum atomic E-state index is -1.13. The lowest BCUT2D eigenvalue weighted by atomic mass is 9.95. The Labute approximate surface area is 112 Å². The molecule has 0 saturated carbocycles. The van der Waals surface area contributed by atoms with Gasteiger partial charge in [-0.3, -0.25) is 9.59 Å². The normalized spacial score (nSPS) is 17.9. The monoisotopic (exact) mass is 272 g/mol. The van der Waals surface area contributed by atoms with Gasteiger partial charge in [0.25, 0.3) is 0 Å². The molecule has 0 aromatic rings. The van der Waals surface area contributed by atoms with Crippen molar-refractivity contribution in [1.82, 2.24) is 9.80 Å². The summed E-state index contributed by atoms with van der Waals surface area (Å²) < 4.78 is 12.2. The second-order valence-corrected chi connectivity index (χ2v) is 4.83. The standard InChI is InChI=1S/C13H21FN2O3/c1-3-12(18)16-6-4-10(5-7-16)13(19)15(2)9-11(17)8-14/h3,10-11,17H,1,4-9H2,2H3. The molecule has 6 heteroatoms. The lowest BCUT2D eigenvalue weighted by Gasteiger charge is -2.33. The maximum atomic E-state index is 12.2. The molecule has 0 spiro atoms. The van der Waals surface area contributed by atoms with Crippen molar-refractivity contribution in [2.45, 2.75) is 18.9 Å². The molecule has 19 heavy (non-hydrogen) atoms. The fraction of sp³-hybridized carbons (Fsp3) is 0.692. The predicted octanol–water partition coefficient (Wildman–Crippen LogP) is 0.200. The molecule has 0 radical (unpaired) electrons. The molecule has 1 N–H and O–H groups in total. The van der Waals surface area contributed by atoms with Crippen molar-refractivity contribution in [2.24, 2.45) is 5.92 Å². The van der Waals surface area contributed by atoms with E-state index in [4.69, 9.17) is 0 Å². The second kappa shape index (κ2) is 7.23. The number of nitrogens with zero attached hydrogens (tertiary/aromatic N) is 2. The van der Waals surface area contributed by atoms with Crippen LogP contribution in [-0.4, -0.2) is 66.2 Å². The van der Waals surface area contributed by atoms with Crippen LogP contribution in [-0.2, 0) is 9.59 Å². The molecule has 0 aromatic carbocycles. The zero-order chi connectivity index (χ0) is 14.4. The Morgan fingerprint density at radius 2 is 2.11 bits per heavy atom. The first kappa shape index (κ1) is 15.6. The van der Waals surface area contributed by atoms with Crippen LogP contribution in [0.1, 0.15) is 12.8 Å². The topological polar surface area (TPSA) is 60.9 Å². The number of aliphatic hydroxyl groups excluding tert-OH is 1. The number of hydrogen-bond acceptors (Lipinski definition) is 3. The third-order valence-electron chi connectivity index (χ3n) is 3.37. The average molecular weight is 272 g/mol. The van der Waals surface area contributed by atoms with Crippen LogP contribution in [0.2, 0.25) is 0 Å². The molecule has 1 atom stereocenters. The van der Waals surface area contributed by atoms with Crippen LogP contribution in [0.3, 0.4) is 0 Å². The summed E-state index contributed by atoms with van der Waals surface area (Å²) in [6.45, 7) is 3.63. The van der Waals surface area contributed by atoms with E-state index in [0.29, 0.717) is 25.9 Å². The zero-order valence-corrected chi connectivity index (χ0v) is 11.2. The van der Waals surface area contributed by atoms with Gasteiger partial charge in [0, 0.05) is 32.6 Å². The summed E-state index contributed by atoms with van der Waals surface area (Å²) in [4.78, 5) is 26.5. The minimum Gasteiger partial charge on any atom is -0.389 e. The Hall–Kier alpha value is -1.43. The Morgan fingerprint density at radius 1 is 1.53 bits per heavy atom. The van der Waals surface area contributed by atoms with Gasteiger partial charge in [-0.15, -0.1) is 0 Å². The van der Waals surface area contributed by atoms with Gasteiger partial charge in [-0.1, -0.05) is 6.58 Å². The Balaban J connectivity index is 2.44. The first-order chi connectivity index (χ1) is 8.99. The fourth-order valence-electron chi connectivity index (χ4n) is 2.24.